The van der Waals surface area contributed by atoms with Gasteiger partial charge in [-0.05, 0) is 44.2 Å². The van der Waals surface area contributed by atoms with Crippen LogP contribution in [0.5, 0.6) is 0 Å². The Morgan fingerprint density at radius 2 is 2.07 bits per heavy atom. The molecule has 0 N–H and O–H groups in total. The first-order valence-electron chi connectivity index (χ1n) is 8.95. The van der Waals surface area contributed by atoms with Crippen LogP contribution in [0.4, 0.5) is 13.2 Å². The van der Waals surface area contributed by atoms with E-state index in [9.17, 15) is 22.8 Å². The number of hydrogen-bond donors (Lipinski definition) is 0. The maximum absolute atomic E-state index is 13.1. The van der Waals surface area contributed by atoms with Gasteiger partial charge in [0.15, 0.2) is 5.78 Å². The lowest BCUT2D eigenvalue weighted by Crippen LogP contribution is -2.22. The van der Waals surface area contributed by atoms with Crippen LogP contribution in [-0.4, -0.2) is 17.1 Å². The molecule has 1 aliphatic rings. The van der Waals surface area contributed by atoms with E-state index < -0.39 is 17.7 Å². The number of carbonyl (C=O) groups excluding carboxylic acids is 2. The maximum atomic E-state index is 13.1. The van der Waals surface area contributed by atoms with Crippen LogP contribution in [0, 0.1) is 18.8 Å². The first kappa shape index (κ1) is 21.0. The van der Waals surface area contributed by atoms with Crippen LogP contribution in [0.2, 0.25) is 5.02 Å². The molecule has 2 aromatic rings. The zero-order valence-corrected chi connectivity index (χ0v) is 16.9. The predicted molar refractivity (Wildman–Crippen MR) is 103 cm³/mol. The molecule has 0 radical (unpaired) electrons. The van der Waals surface area contributed by atoms with Gasteiger partial charge in [0.25, 0.3) is 0 Å². The number of Topliss-reactive ketones (excluding diaryl/α,β-unsaturated/α-hetero) is 1. The smallest absolute Gasteiger partial charge is 0.302 e. The molecular weight excluding hydrogens is 411 g/mol. The van der Waals surface area contributed by atoms with Gasteiger partial charge in [-0.25, -0.2) is 4.98 Å². The first-order chi connectivity index (χ1) is 13.1. The highest BCUT2D eigenvalue weighted by molar-refractivity contribution is 7.15. The van der Waals surface area contributed by atoms with Crippen LogP contribution in [0.1, 0.15) is 48.2 Å². The second-order valence-corrected chi connectivity index (χ2v) is 8.89. The summed E-state index contributed by atoms with van der Waals surface area (Å²) in [5.74, 6) is -0.841. The van der Waals surface area contributed by atoms with Gasteiger partial charge in [0, 0.05) is 16.4 Å². The number of hydrogen-bond acceptors (Lipinski definition) is 4. The van der Waals surface area contributed by atoms with E-state index in [2.05, 4.69) is 11.9 Å². The summed E-state index contributed by atoms with van der Waals surface area (Å²) in [6.45, 7) is 3.80. The molecule has 0 bridgehead atoms. The fourth-order valence-corrected chi connectivity index (χ4v) is 4.86. The molecule has 0 saturated heterocycles. The highest BCUT2D eigenvalue weighted by Crippen LogP contribution is 2.40. The van der Waals surface area contributed by atoms with Gasteiger partial charge in [0.05, 0.1) is 16.3 Å². The molecule has 150 valence electrons. The van der Waals surface area contributed by atoms with Gasteiger partial charge in [-0.2, -0.15) is 13.2 Å². The molecular formula is C20H19ClF3NO2S. The number of benzene rings is 1. The highest BCUT2D eigenvalue weighted by Gasteiger charge is 2.36. The number of rotatable bonds is 5. The van der Waals surface area contributed by atoms with E-state index >= 15 is 0 Å². The lowest BCUT2D eigenvalue weighted by atomic mass is 9.89. The summed E-state index contributed by atoms with van der Waals surface area (Å²) in [5.41, 5.74) is -0.352. The van der Waals surface area contributed by atoms with E-state index in [1.165, 1.54) is 12.1 Å². The van der Waals surface area contributed by atoms with Gasteiger partial charge >= 0.3 is 6.18 Å². The minimum Gasteiger partial charge on any atom is -0.302 e. The molecule has 1 unspecified atom stereocenters. The van der Waals surface area contributed by atoms with Crippen molar-refractivity contribution in [2.45, 2.75) is 45.2 Å². The van der Waals surface area contributed by atoms with Gasteiger partial charge in [0.2, 0.25) is 0 Å². The average molecular weight is 430 g/mol. The van der Waals surface area contributed by atoms with E-state index in [1.54, 1.807) is 6.92 Å². The van der Waals surface area contributed by atoms with Crippen molar-refractivity contribution in [2.75, 3.05) is 0 Å². The molecule has 0 amide bonds. The van der Waals surface area contributed by atoms with E-state index in [4.69, 9.17) is 11.6 Å². The number of ketones is 1. The monoisotopic (exact) mass is 429 g/mol. The third-order valence-corrected chi connectivity index (χ3v) is 6.55. The average Bonchev–Trinajstić information content (AvgIpc) is 3.21. The van der Waals surface area contributed by atoms with Crippen molar-refractivity contribution in [1.82, 2.24) is 4.98 Å². The van der Waals surface area contributed by atoms with Crippen LogP contribution in [0.15, 0.2) is 18.2 Å². The minimum absolute atomic E-state index is 0.147. The Morgan fingerprint density at radius 1 is 1.36 bits per heavy atom. The van der Waals surface area contributed by atoms with Crippen LogP contribution in [0.25, 0.3) is 10.6 Å². The summed E-state index contributed by atoms with van der Waals surface area (Å²) < 4.78 is 39.4. The SMILES string of the molecule is Cc1sc(-c2ccc(Cl)c(C(F)(F)F)c2)nc1C(C=O)C(=O)[C@@H]1CC[C@@H](C)C1. The standard InChI is InChI=1S/C20H19ClF3NO2S/c1-10-3-4-12(7-10)18(27)14(9-26)17-11(2)28-19(25-17)13-5-6-16(21)15(8-13)20(22,23)24/h5-6,8-10,12,14H,3-4,7H2,1-2H3/t10-,12-,14?/m1/s1. The molecule has 1 saturated carbocycles. The van der Waals surface area contributed by atoms with E-state index in [0.717, 1.165) is 36.7 Å². The van der Waals surface area contributed by atoms with Crippen molar-refractivity contribution >= 4 is 35.0 Å². The molecule has 1 aliphatic carbocycles. The fourth-order valence-electron chi connectivity index (χ4n) is 3.68. The zero-order valence-electron chi connectivity index (χ0n) is 15.3. The van der Waals surface area contributed by atoms with Crippen LogP contribution < -0.4 is 0 Å². The molecule has 1 aromatic carbocycles. The third-order valence-electron chi connectivity index (χ3n) is 5.19. The molecule has 3 nitrogen and oxygen atoms in total. The molecule has 28 heavy (non-hydrogen) atoms. The van der Waals surface area contributed by atoms with Crippen molar-refractivity contribution < 1.29 is 22.8 Å². The third kappa shape index (κ3) is 4.15. The summed E-state index contributed by atoms with van der Waals surface area (Å²) in [7, 11) is 0. The largest absolute Gasteiger partial charge is 0.417 e. The number of aromatic nitrogens is 1. The number of nitrogens with zero attached hydrogens (tertiary/aromatic N) is 1. The maximum Gasteiger partial charge on any atom is 0.417 e. The molecule has 1 fully saturated rings. The van der Waals surface area contributed by atoms with Gasteiger partial charge in [-0.15, -0.1) is 11.3 Å². The van der Waals surface area contributed by atoms with Gasteiger partial charge in [0.1, 0.15) is 17.2 Å². The van der Waals surface area contributed by atoms with Crippen LogP contribution in [0.3, 0.4) is 0 Å². The van der Waals surface area contributed by atoms with Gasteiger partial charge < -0.3 is 4.79 Å². The topological polar surface area (TPSA) is 47.0 Å². The molecule has 0 aliphatic heterocycles. The first-order valence-corrected chi connectivity index (χ1v) is 10.1. The van der Waals surface area contributed by atoms with E-state index in [1.807, 2.05) is 0 Å². The van der Waals surface area contributed by atoms with Gasteiger partial charge in [-0.3, -0.25) is 4.79 Å². The Bertz CT molecular complexity index is 909. The lowest BCUT2D eigenvalue weighted by molar-refractivity contribution is -0.137. The number of alkyl halides is 3. The summed E-state index contributed by atoms with van der Waals surface area (Å²) in [4.78, 5) is 29.5. The number of thiazole rings is 1. The normalized spacial score (nSPS) is 20.9. The molecule has 1 aromatic heterocycles. The van der Waals surface area contributed by atoms with Crippen LogP contribution in [-0.2, 0) is 15.8 Å². The summed E-state index contributed by atoms with van der Waals surface area (Å²) in [6, 6.07) is 3.58. The van der Waals surface area contributed by atoms with Crippen molar-refractivity contribution in [3.63, 3.8) is 0 Å². The highest BCUT2D eigenvalue weighted by atomic mass is 35.5. The molecule has 8 heteroatoms. The van der Waals surface area contributed by atoms with Crippen molar-refractivity contribution in [3.8, 4) is 10.6 Å². The lowest BCUT2D eigenvalue weighted by Gasteiger charge is -2.13. The van der Waals surface area contributed by atoms with Crippen molar-refractivity contribution in [1.29, 1.82) is 0 Å². The molecule has 3 atom stereocenters. The Balaban J connectivity index is 1.94. The van der Waals surface area contributed by atoms with E-state index in [0.29, 0.717) is 27.8 Å². The van der Waals surface area contributed by atoms with Crippen LogP contribution >= 0.6 is 22.9 Å². The Kier molecular flexibility index (Phi) is 5.96. The number of aryl methyl sites for hydroxylation is 1. The number of aldehydes is 1. The number of halogens is 4. The summed E-state index contributed by atoms with van der Waals surface area (Å²) >= 11 is 6.84. The quantitative estimate of drug-likeness (QED) is 0.427. The minimum atomic E-state index is -4.58. The predicted octanol–water partition coefficient (Wildman–Crippen LogP) is 6.08. The Labute approximate surface area is 169 Å². The fraction of sp³-hybridized carbons (Fsp3) is 0.450. The Morgan fingerprint density at radius 3 is 2.64 bits per heavy atom. The van der Waals surface area contributed by atoms with Crippen molar-refractivity contribution in [3.05, 3.63) is 39.4 Å². The van der Waals surface area contributed by atoms with E-state index in [-0.39, 0.29) is 22.3 Å². The second kappa shape index (κ2) is 7.95. The molecule has 1 heterocycles. The zero-order chi connectivity index (χ0) is 20.6. The molecule has 0 spiro atoms. The van der Waals surface area contributed by atoms with Gasteiger partial charge in [-0.1, -0.05) is 24.6 Å². The van der Waals surface area contributed by atoms with Crippen molar-refractivity contribution in [2.24, 2.45) is 11.8 Å². The Hall–Kier alpha value is -1.73. The summed E-state index contributed by atoms with van der Waals surface area (Å²) in [6.07, 6.45) is -1.52. The molecule has 3 rings (SSSR count). The summed E-state index contributed by atoms with van der Waals surface area (Å²) in [5, 5.41) is -0.0600. The second-order valence-electron chi connectivity index (χ2n) is 7.28. The number of carbonyl (C=O) groups is 2.